The van der Waals surface area contributed by atoms with E-state index < -0.39 is 0 Å². The lowest BCUT2D eigenvalue weighted by Gasteiger charge is -2.23. The number of amides is 1. The normalized spacial score (nSPS) is 16.0. The highest BCUT2D eigenvalue weighted by Crippen LogP contribution is 2.37. The maximum atomic E-state index is 13.6. The maximum Gasteiger partial charge on any atom is 0.228 e. The number of carbonyl (C=O) groups is 1. The average Bonchev–Trinajstić information content (AvgIpc) is 3.45. The summed E-state index contributed by atoms with van der Waals surface area (Å²) in [7, 11) is 0. The second kappa shape index (κ2) is 9.73. The number of benzene rings is 1. The second-order valence-corrected chi connectivity index (χ2v) is 10.5. The molecular formula is C25H31FN4O2S. The third-order valence-electron chi connectivity index (χ3n) is 6.02. The van der Waals surface area contributed by atoms with Crippen LogP contribution in [0.15, 0.2) is 35.8 Å². The van der Waals surface area contributed by atoms with Gasteiger partial charge in [0.05, 0.1) is 34.6 Å². The first-order chi connectivity index (χ1) is 15.7. The van der Waals surface area contributed by atoms with Crippen LogP contribution in [-0.4, -0.2) is 40.4 Å². The van der Waals surface area contributed by atoms with Gasteiger partial charge in [0.15, 0.2) is 0 Å². The fourth-order valence-electron chi connectivity index (χ4n) is 3.99. The lowest BCUT2D eigenvalue weighted by Crippen LogP contribution is -2.34. The Morgan fingerprint density at radius 2 is 1.97 bits per heavy atom. The highest BCUT2D eigenvalue weighted by atomic mass is 32.1. The minimum atomic E-state index is -0.346. The third kappa shape index (κ3) is 5.33. The Bertz CT molecular complexity index is 1090. The predicted octanol–water partition coefficient (Wildman–Crippen LogP) is 5.21. The van der Waals surface area contributed by atoms with Crippen LogP contribution in [0, 0.1) is 11.7 Å². The Morgan fingerprint density at radius 1 is 1.27 bits per heavy atom. The zero-order chi connectivity index (χ0) is 23.6. The minimum absolute atomic E-state index is 0.0116. The molecule has 8 heteroatoms. The molecule has 0 saturated carbocycles. The first-order valence-electron chi connectivity index (χ1n) is 11.4. The molecule has 0 bridgehead atoms. The lowest BCUT2D eigenvalue weighted by atomic mass is 10.00. The highest BCUT2D eigenvalue weighted by molar-refractivity contribution is 7.13. The Morgan fingerprint density at radius 3 is 2.64 bits per heavy atom. The molecule has 1 aliphatic rings. The number of aromatic nitrogens is 3. The molecule has 1 saturated heterocycles. The van der Waals surface area contributed by atoms with Crippen molar-refractivity contribution in [3.63, 3.8) is 0 Å². The van der Waals surface area contributed by atoms with Crippen LogP contribution < -0.4 is 5.32 Å². The van der Waals surface area contributed by atoms with E-state index in [1.165, 1.54) is 23.5 Å². The summed E-state index contributed by atoms with van der Waals surface area (Å²) >= 11 is 1.50. The molecule has 6 nitrogen and oxygen atoms in total. The average molecular weight is 471 g/mol. The van der Waals surface area contributed by atoms with Gasteiger partial charge in [-0.25, -0.2) is 9.37 Å². The molecule has 1 unspecified atom stereocenters. The van der Waals surface area contributed by atoms with Crippen molar-refractivity contribution in [3.05, 3.63) is 47.4 Å². The largest absolute Gasteiger partial charge is 0.381 e. The third-order valence-corrected chi connectivity index (χ3v) is 6.91. The molecule has 3 heterocycles. The van der Waals surface area contributed by atoms with Crippen LogP contribution in [0.4, 0.5) is 4.39 Å². The number of thiazole rings is 1. The number of nitrogens with zero attached hydrogens (tertiary/aromatic N) is 3. The molecule has 1 atom stereocenters. The predicted molar refractivity (Wildman–Crippen MR) is 129 cm³/mol. The van der Waals surface area contributed by atoms with Gasteiger partial charge in [-0.3, -0.25) is 9.48 Å². The Hall–Kier alpha value is -2.58. The standard InChI is InChI=1S/C25H31FN4O2S/c1-16(23(31)27-13-17-9-11-32-12-10-17)21-15-33-24(29-21)20-14-28-30(25(2,3)4)22(20)18-5-7-19(26)8-6-18/h5-8,14-17H,9-13H2,1-4H3,(H,27,31). The van der Waals surface area contributed by atoms with Gasteiger partial charge in [0, 0.05) is 30.7 Å². The van der Waals surface area contributed by atoms with E-state index in [1.54, 1.807) is 12.1 Å². The molecule has 1 amide bonds. The van der Waals surface area contributed by atoms with Crippen LogP contribution in [0.2, 0.25) is 0 Å². The summed E-state index contributed by atoms with van der Waals surface area (Å²) in [6.45, 7) is 10.3. The van der Waals surface area contributed by atoms with E-state index in [0.717, 1.165) is 53.6 Å². The van der Waals surface area contributed by atoms with Crippen molar-refractivity contribution in [3.8, 4) is 21.8 Å². The van der Waals surface area contributed by atoms with Crippen molar-refractivity contribution in [1.29, 1.82) is 0 Å². The molecule has 1 fully saturated rings. The SMILES string of the molecule is CC(C(=O)NCC1CCOCC1)c1csc(-c2cnn(C(C)(C)C)c2-c2ccc(F)cc2)n1. The van der Waals surface area contributed by atoms with Gasteiger partial charge >= 0.3 is 0 Å². The van der Waals surface area contributed by atoms with Crippen LogP contribution in [0.25, 0.3) is 21.8 Å². The highest BCUT2D eigenvalue weighted by Gasteiger charge is 2.26. The van der Waals surface area contributed by atoms with E-state index in [2.05, 4.69) is 31.2 Å². The molecule has 1 aromatic carbocycles. The van der Waals surface area contributed by atoms with Gasteiger partial charge < -0.3 is 10.1 Å². The van der Waals surface area contributed by atoms with E-state index in [4.69, 9.17) is 9.72 Å². The lowest BCUT2D eigenvalue weighted by molar-refractivity contribution is -0.122. The van der Waals surface area contributed by atoms with Crippen molar-refractivity contribution in [1.82, 2.24) is 20.1 Å². The summed E-state index contributed by atoms with van der Waals surface area (Å²) in [5.41, 5.74) is 3.12. The number of halogens is 1. The molecule has 1 N–H and O–H groups in total. The summed E-state index contributed by atoms with van der Waals surface area (Å²) in [5.74, 6) is -0.161. The van der Waals surface area contributed by atoms with Crippen LogP contribution in [0.1, 0.15) is 52.1 Å². The van der Waals surface area contributed by atoms with E-state index >= 15 is 0 Å². The van der Waals surface area contributed by atoms with E-state index in [1.807, 2.05) is 23.2 Å². The number of carbonyl (C=O) groups excluding carboxylic acids is 1. The summed E-state index contributed by atoms with van der Waals surface area (Å²) in [4.78, 5) is 17.6. The Labute approximate surface area is 198 Å². The summed E-state index contributed by atoms with van der Waals surface area (Å²) in [6, 6.07) is 6.44. The summed E-state index contributed by atoms with van der Waals surface area (Å²) in [5, 5.41) is 10.5. The smallest absolute Gasteiger partial charge is 0.228 e. The zero-order valence-corrected chi connectivity index (χ0v) is 20.4. The van der Waals surface area contributed by atoms with Gasteiger partial charge in [0.1, 0.15) is 10.8 Å². The first-order valence-corrected chi connectivity index (χ1v) is 12.3. The van der Waals surface area contributed by atoms with Crippen molar-refractivity contribution in [2.75, 3.05) is 19.8 Å². The molecule has 0 radical (unpaired) electrons. The zero-order valence-electron chi connectivity index (χ0n) is 19.6. The van der Waals surface area contributed by atoms with Gasteiger partial charge in [0.25, 0.3) is 0 Å². The maximum absolute atomic E-state index is 13.6. The van der Waals surface area contributed by atoms with Gasteiger partial charge in [0.2, 0.25) is 5.91 Å². The van der Waals surface area contributed by atoms with Crippen molar-refractivity contribution < 1.29 is 13.9 Å². The summed E-state index contributed by atoms with van der Waals surface area (Å²) < 4.78 is 20.9. The minimum Gasteiger partial charge on any atom is -0.381 e. The van der Waals surface area contributed by atoms with Crippen LogP contribution in [0.3, 0.4) is 0 Å². The molecule has 176 valence electrons. The molecule has 3 aromatic rings. The fourth-order valence-corrected chi connectivity index (χ4v) is 4.91. The second-order valence-electron chi connectivity index (χ2n) is 9.60. The summed E-state index contributed by atoms with van der Waals surface area (Å²) in [6.07, 6.45) is 3.78. The number of hydrogen-bond acceptors (Lipinski definition) is 5. The van der Waals surface area contributed by atoms with Crippen LogP contribution in [0.5, 0.6) is 0 Å². The van der Waals surface area contributed by atoms with Crippen LogP contribution in [-0.2, 0) is 15.1 Å². The molecule has 2 aromatic heterocycles. The van der Waals surface area contributed by atoms with Crippen molar-refractivity contribution in [2.45, 2.75) is 52.0 Å². The molecule has 0 spiro atoms. The van der Waals surface area contributed by atoms with Gasteiger partial charge in [-0.1, -0.05) is 0 Å². The topological polar surface area (TPSA) is 69.0 Å². The van der Waals surface area contributed by atoms with E-state index in [0.29, 0.717) is 12.5 Å². The molecule has 4 rings (SSSR count). The molecule has 0 aliphatic carbocycles. The first kappa shape index (κ1) is 23.6. The molecular weight excluding hydrogens is 439 g/mol. The van der Waals surface area contributed by atoms with Gasteiger partial charge in [-0.2, -0.15) is 5.10 Å². The number of rotatable bonds is 6. The number of nitrogens with one attached hydrogen (secondary N) is 1. The van der Waals surface area contributed by atoms with Crippen LogP contribution >= 0.6 is 11.3 Å². The number of hydrogen-bond donors (Lipinski definition) is 1. The Balaban J connectivity index is 1.57. The molecule has 33 heavy (non-hydrogen) atoms. The quantitative estimate of drug-likeness (QED) is 0.537. The monoisotopic (exact) mass is 470 g/mol. The van der Waals surface area contributed by atoms with Crippen molar-refractivity contribution >= 4 is 17.2 Å². The van der Waals surface area contributed by atoms with Gasteiger partial charge in [-0.15, -0.1) is 11.3 Å². The fraction of sp³-hybridized carbons (Fsp3) is 0.480. The Kier molecular flexibility index (Phi) is 6.95. The van der Waals surface area contributed by atoms with Gasteiger partial charge in [-0.05, 0) is 70.7 Å². The molecule has 1 aliphatic heterocycles. The van der Waals surface area contributed by atoms with E-state index in [9.17, 15) is 9.18 Å². The van der Waals surface area contributed by atoms with E-state index in [-0.39, 0.29) is 23.2 Å². The number of ether oxygens (including phenoxy) is 1. The van der Waals surface area contributed by atoms with Crippen molar-refractivity contribution in [2.24, 2.45) is 5.92 Å².